The van der Waals surface area contributed by atoms with Gasteiger partial charge in [-0.3, -0.25) is 4.79 Å². The molecule has 16 heavy (non-hydrogen) atoms. The van der Waals surface area contributed by atoms with Crippen molar-refractivity contribution < 1.29 is 19.4 Å². The first-order valence-electron chi connectivity index (χ1n) is 5.95. The molecule has 2 fully saturated rings. The van der Waals surface area contributed by atoms with Gasteiger partial charge in [0.1, 0.15) is 0 Å². The Bertz CT molecular complexity index is 240. The van der Waals surface area contributed by atoms with E-state index in [0.717, 1.165) is 25.9 Å². The zero-order valence-electron chi connectivity index (χ0n) is 9.35. The average molecular weight is 229 g/mol. The van der Waals surface area contributed by atoms with E-state index in [0.29, 0.717) is 18.9 Å². The molecule has 0 aromatic carbocycles. The number of hydrogen-bond donors (Lipinski definition) is 2. The van der Waals surface area contributed by atoms with Crippen LogP contribution < -0.4 is 5.32 Å². The van der Waals surface area contributed by atoms with Gasteiger partial charge in [-0.15, -0.1) is 0 Å². The summed E-state index contributed by atoms with van der Waals surface area (Å²) in [5, 5.41) is 11.9. The van der Waals surface area contributed by atoms with Gasteiger partial charge < -0.3 is 19.9 Å². The zero-order valence-corrected chi connectivity index (χ0v) is 9.35. The van der Waals surface area contributed by atoms with Crippen molar-refractivity contribution in [3.63, 3.8) is 0 Å². The summed E-state index contributed by atoms with van der Waals surface area (Å²) in [6.07, 6.45) is 2.82. The normalized spacial score (nSPS) is 35.1. The summed E-state index contributed by atoms with van der Waals surface area (Å²) >= 11 is 0. The summed E-state index contributed by atoms with van der Waals surface area (Å²) in [5.41, 5.74) is 0. The Labute approximate surface area is 95.1 Å². The molecule has 0 saturated carbocycles. The number of carboxylic acids is 1. The lowest BCUT2D eigenvalue weighted by Gasteiger charge is -2.26. The number of carbonyl (C=O) groups is 1. The molecule has 2 rings (SSSR count). The van der Waals surface area contributed by atoms with Crippen molar-refractivity contribution >= 4 is 5.97 Å². The van der Waals surface area contributed by atoms with Gasteiger partial charge >= 0.3 is 5.97 Å². The highest BCUT2D eigenvalue weighted by Crippen LogP contribution is 2.25. The van der Waals surface area contributed by atoms with Crippen molar-refractivity contribution in [1.29, 1.82) is 0 Å². The van der Waals surface area contributed by atoms with Gasteiger partial charge in [0.25, 0.3) is 0 Å². The first-order chi connectivity index (χ1) is 7.75. The van der Waals surface area contributed by atoms with Gasteiger partial charge in [0, 0.05) is 18.9 Å². The topological polar surface area (TPSA) is 67.8 Å². The van der Waals surface area contributed by atoms with Crippen molar-refractivity contribution in [2.45, 2.75) is 38.1 Å². The second-order valence-electron chi connectivity index (χ2n) is 4.50. The van der Waals surface area contributed by atoms with E-state index < -0.39 is 5.97 Å². The molecule has 0 aromatic heterocycles. The van der Waals surface area contributed by atoms with Crippen LogP contribution in [0, 0.1) is 5.92 Å². The molecule has 2 aliphatic rings. The van der Waals surface area contributed by atoms with E-state index in [1.54, 1.807) is 0 Å². The van der Waals surface area contributed by atoms with Gasteiger partial charge in [-0.1, -0.05) is 0 Å². The van der Waals surface area contributed by atoms with E-state index in [1.807, 2.05) is 0 Å². The van der Waals surface area contributed by atoms with E-state index >= 15 is 0 Å². The second kappa shape index (κ2) is 5.61. The number of piperidine rings is 1. The molecular weight excluding hydrogens is 210 g/mol. The molecule has 3 unspecified atom stereocenters. The van der Waals surface area contributed by atoms with Crippen molar-refractivity contribution in [2.75, 3.05) is 19.7 Å². The number of nitrogens with one attached hydrogen (secondary N) is 1. The van der Waals surface area contributed by atoms with Gasteiger partial charge in [-0.05, 0) is 25.8 Å². The van der Waals surface area contributed by atoms with Crippen LogP contribution in [-0.4, -0.2) is 43.2 Å². The van der Waals surface area contributed by atoms with Crippen LogP contribution in [0.3, 0.4) is 0 Å². The van der Waals surface area contributed by atoms with Crippen LogP contribution in [0.1, 0.15) is 25.7 Å². The number of aliphatic carboxylic acids is 1. The molecule has 2 saturated heterocycles. The standard InChI is InChI=1S/C11H19NO4/c13-10(14)4-3-9-7-15-11(16-9)8-2-1-5-12-6-8/h8-9,11-12H,1-7H2,(H,13,14). The minimum atomic E-state index is -0.772. The van der Waals surface area contributed by atoms with E-state index in [9.17, 15) is 4.79 Å². The third kappa shape index (κ3) is 3.17. The lowest BCUT2D eigenvalue weighted by Crippen LogP contribution is -2.37. The van der Waals surface area contributed by atoms with Gasteiger partial charge in [-0.25, -0.2) is 0 Å². The Morgan fingerprint density at radius 1 is 1.50 bits per heavy atom. The number of hydrogen-bond acceptors (Lipinski definition) is 4. The third-order valence-corrected chi connectivity index (χ3v) is 3.17. The molecule has 0 bridgehead atoms. The molecule has 0 radical (unpaired) electrons. The van der Waals surface area contributed by atoms with E-state index in [4.69, 9.17) is 14.6 Å². The van der Waals surface area contributed by atoms with Crippen molar-refractivity contribution in [3.05, 3.63) is 0 Å². The summed E-state index contributed by atoms with van der Waals surface area (Å²) < 4.78 is 11.3. The minimum absolute atomic E-state index is 0.0389. The van der Waals surface area contributed by atoms with Gasteiger partial charge in [0.05, 0.1) is 12.7 Å². The first-order valence-corrected chi connectivity index (χ1v) is 5.95. The van der Waals surface area contributed by atoms with Crippen LogP contribution in [-0.2, 0) is 14.3 Å². The Balaban J connectivity index is 1.72. The van der Waals surface area contributed by atoms with E-state index in [-0.39, 0.29) is 18.8 Å². The second-order valence-corrected chi connectivity index (χ2v) is 4.50. The summed E-state index contributed by atoms with van der Waals surface area (Å²) in [4.78, 5) is 10.4. The fourth-order valence-corrected chi connectivity index (χ4v) is 2.26. The molecule has 2 aliphatic heterocycles. The average Bonchev–Trinajstić information content (AvgIpc) is 2.76. The Hall–Kier alpha value is -0.650. The fourth-order valence-electron chi connectivity index (χ4n) is 2.26. The van der Waals surface area contributed by atoms with Crippen LogP contribution in [0.25, 0.3) is 0 Å². The number of rotatable bonds is 4. The third-order valence-electron chi connectivity index (χ3n) is 3.17. The van der Waals surface area contributed by atoms with Crippen LogP contribution in [0.5, 0.6) is 0 Å². The minimum Gasteiger partial charge on any atom is -0.481 e. The maximum absolute atomic E-state index is 10.4. The molecule has 0 aromatic rings. The monoisotopic (exact) mass is 229 g/mol. The predicted molar refractivity (Wildman–Crippen MR) is 57.1 cm³/mol. The van der Waals surface area contributed by atoms with E-state index in [1.165, 1.54) is 0 Å². The zero-order chi connectivity index (χ0) is 11.4. The quantitative estimate of drug-likeness (QED) is 0.738. The van der Waals surface area contributed by atoms with Crippen LogP contribution in [0.15, 0.2) is 0 Å². The summed E-state index contributed by atoms with van der Waals surface area (Å²) in [6.45, 7) is 2.55. The molecule has 2 N–H and O–H groups in total. The lowest BCUT2D eigenvalue weighted by molar-refractivity contribution is -0.138. The Morgan fingerprint density at radius 3 is 3.06 bits per heavy atom. The molecule has 92 valence electrons. The molecule has 0 amide bonds. The smallest absolute Gasteiger partial charge is 0.303 e. The maximum Gasteiger partial charge on any atom is 0.303 e. The summed E-state index contributed by atoms with van der Waals surface area (Å²) in [6, 6.07) is 0. The number of ether oxygens (including phenoxy) is 2. The summed E-state index contributed by atoms with van der Waals surface area (Å²) in [5.74, 6) is -0.352. The lowest BCUT2D eigenvalue weighted by atomic mass is 9.99. The van der Waals surface area contributed by atoms with Crippen molar-refractivity contribution in [3.8, 4) is 0 Å². The highest BCUT2D eigenvalue weighted by Gasteiger charge is 2.33. The molecule has 2 heterocycles. The van der Waals surface area contributed by atoms with E-state index in [2.05, 4.69) is 5.32 Å². The Morgan fingerprint density at radius 2 is 2.38 bits per heavy atom. The largest absolute Gasteiger partial charge is 0.481 e. The SMILES string of the molecule is O=C(O)CCC1COC(C2CCCNC2)O1. The predicted octanol–water partition coefficient (Wildman–Crippen LogP) is 0.592. The molecule has 5 nitrogen and oxygen atoms in total. The Kier molecular flexibility index (Phi) is 4.15. The molecule has 5 heteroatoms. The first kappa shape index (κ1) is 11.8. The molecular formula is C11H19NO4. The van der Waals surface area contributed by atoms with Crippen LogP contribution in [0.4, 0.5) is 0 Å². The van der Waals surface area contributed by atoms with Crippen molar-refractivity contribution in [2.24, 2.45) is 5.92 Å². The highest BCUT2D eigenvalue weighted by molar-refractivity contribution is 5.66. The number of carboxylic acid groups (broad SMARTS) is 1. The van der Waals surface area contributed by atoms with Gasteiger partial charge in [0.2, 0.25) is 0 Å². The van der Waals surface area contributed by atoms with Crippen molar-refractivity contribution in [1.82, 2.24) is 5.32 Å². The van der Waals surface area contributed by atoms with Crippen LogP contribution >= 0.6 is 0 Å². The van der Waals surface area contributed by atoms with Gasteiger partial charge in [0.15, 0.2) is 6.29 Å². The highest BCUT2D eigenvalue weighted by atomic mass is 16.7. The molecule has 0 aliphatic carbocycles. The molecule has 3 atom stereocenters. The van der Waals surface area contributed by atoms with Crippen LogP contribution in [0.2, 0.25) is 0 Å². The summed E-state index contributed by atoms with van der Waals surface area (Å²) in [7, 11) is 0. The fraction of sp³-hybridized carbons (Fsp3) is 0.909. The van der Waals surface area contributed by atoms with Gasteiger partial charge in [-0.2, -0.15) is 0 Å². The maximum atomic E-state index is 10.4. The molecule has 0 spiro atoms.